The summed E-state index contributed by atoms with van der Waals surface area (Å²) in [4.78, 5) is 12.6. The van der Waals surface area contributed by atoms with Crippen LogP contribution in [0.1, 0.15) is 91.9 Å². The number of nitrogens with zero attached hydrogens (tertiary/aromatic N) is 1. The zero-order chi connectivity index (χ0) is 21.9. The highest BCUT2D eigenvalue weighted by atomic mass is 16.5. The van der Waals surface area contributed by atoms with Crippen LogP contribution in [0.3, 0.4) is 0 Å². The van der Waals surface area contributed by atoms with Crippen molar-refractivity contribution >= 4 is 5.97 Å². The molecule has 1 N–H and O–H groups in total. The van der Waals surface area contributed by atoms with Crippen LogP contribution in [0.15, 0.2) is 0 Å². The van der Waals surface area contributed by atoms with Crippen molar-refractivity contribution in [3.8, 4) is 0 Å². The van der Waals surface area contributed by atoms with Crippen LogP contribution in [0.5, 0.6) is 0 Å². The van der Waals surface area contributed by atoms with Gasteiger partial charge in [0.15, 0.2) is 0 Å². The molecule has 0 bridgehead atoms. The maximum Gasteiger partial charge on any atom is 0.306 e. The van der Waals surface area contributed by atoms with E-state index in [9.17, 15) is 4.79 Å². The lowest BCUT2D eigenvalue weighted by molar-refractivity contribution is -0.141. The average molecular weight is 404 g/mol. The minimum absolute atomic E-state index is 0.0485. The molecule has 0 aliphatic rings. The lowest BCUT2D eigenvalue weighted by Gasteiger charge is -2.30. The normalized spacial score (nSPS) is 14.5. The SMILES string of the molecule is CCCCCCCCCCC(C)C(=O)O.COC(CC(C)C)C(OC)N(C)C. The first-order chi connectivity index (χ1) is 13.2. The molecule has 3 atom stereocenters. The maximum absolute atomic E-state index is 10.5. The monoisotopic (exact) mass is 403 g/mol. The molecule has 0 aliphatic heterocycles. The number of rotatable bonds is 16. The third kappa shape index (κ3) is 17.4. The number of hydrogen-bond donors (Lipinski definition) is 1. The van der Waals surface area contributed by atoms with Crippen molar-refractivity contribution in [1.82, 2.24) is 4.90 Å². The molecule has 170 valence electrons. The predicted octanol–water partition coefficient (Wildman–Crippen LogP) is 5.82. The van der Waals surface area contributed by atoms with E-state index in [2.05, 4.69) is 20.8 Å². The first-order valence-corrected chi connectivity index (χ1v) is 11.2. The van der Waals surface area contributed by atoms with E-state index in [-0.39, 0.29) is 18.2 Å². The standard InChI is InChI=1S/C13H26O2.C10H23NO2/c1-3-4-5-6-7-8-9-10-11-12(2)13(14)15;1-8(2)7-9(12-5)10(13-6)11(3)4/h12H,3-11H2,1-2H3,(H,14,15);8-10H,7H2,1-6H3. The number of hydrogen-bond acceptors (Lipinski definition) is 4. The van der Waals surface area contributed by atoms with Gasteiger partial charge in [-0.3, -0.25) is 9.69 Å². The molecule has 0 rings (SSSR count). The van der Waals surface area contributed by atoms with Gasteiger partial charge in [-0.15, -0.1) is 0 Å². The number of carboxylic acids is 1. The van der Waals surface area contributed by atoms with E-state index in [0.717, 1.165) is 19.3 Å². The van der Waals surface area contributed by atoms with Crippen LogP contribution in [-0.2, 0) is 14.3 Å². The number of carboxylic acid groups (broad SMARTS) is 1. The minimum atomic E-state index is -0.655. The Hall–Kier alpha value is -0.650. The number of unbranched alkanes of at least 4 members (excludes halogenated alkanes) is 7. The quantitative estimate of drug-likeness (QED) is 0.260. The highest BCUT2D eigenvalue weighted by Gasteiger charge is 2.23. The summed E-state index contributed by atoms with van der Waals surface area (Å²) in [6, 6.07) is 0. The predicted molar refractivity (Wildman–Crippen MR) is 119 cm³/mol. The molecule has 28 heavy (non-hydrogen) atoms. The molecule has 0 spiro atoms. The Morgan fingerprint density at radius 2 is 1.39 bits per heavy atom. The van der Waals surface area contributed by atoms with Crippen molar-refractivity contribution in [2.45, 2.75) is 104 Å². The van der Waals surface area contributed by atoms with Crippen molar-refractivity contribution in [2.24, 2.45) is 11.8 Å². The zero-order valence-electron chi connectivity index (χ0n) is 20.0. The molecule has 0 aromatic rings. The minimum Gasteiger partial charge on any atom is -0.481 e. The number of carbonyl (C=O) groups is 1. The van der Waals surface area contributed by atoms with Crippen LogP contribution in [0.2, 0.25) is 0 Å². The Morgan fingerprint density at radius 1 is 0.893 bits per heavy atom. The molecular weight excluding hydrogens is 354 g/mol. The summed E-state index contributed by atoms with van der Waals surface area (Å²) in [5.74, 6) is -0.189. The molecule has 0 aliphatic carbocycles. The molecular formula is C23H49NO4. The van der Waals surface area contributed by atoms with E-state index < -0.39 is 5.97 Å². The summed E-state index contributed by atoms with van der Waals surface area (Å²) < 4.78 is 10.8. The fraction of sp³-hybridized carbons (Fsp3) is 0.957. The summed E-state index contributed by atoms with van der Waals surface area (Å²) >= 11 is 0. The van der Waals surface area contributed by atoms with Gasteiger partial charge < -0.3 is 14.6 Å². The molecule has 0 aromatic heterocycles. The van der Waals surface area contributed by atoms with E-state index >= 15 is 0 Å². The van der Waals surface area contributed by atoms with Crippen LogP contribution < -0.4 is 0 Å². The number of aliphatic carboxylic acids is 1. The Balaban J connectivity index is 0. The van der Waals surface area contributed by atoms with Gasteiger partial charge in [0.05, 0.1) is 12.0 Å². The summed E-state index contributed by atoms with van der Waals surface area (Å²) in [6.45, 7) is 8.40. The van der Waals surface area contributed by atoms with Gasteiger partial charge >= 0.3 is 5.97 Å². The average Bonchev–Trinajstić information content (AvgIpc) is 2.63. The van der Waals surface area contributed by atoms with Crippen LogP contribution in [-0.4, -0.2) is 56.6 Å². The Morgan fingerprint density at radius 3 is 1.75 bits per heavy atom. The highest BCUT2D eigenvalue weighted by molar-refractivity contribution is 5.69. The lowest BCUT2D eigenvalue weighted by Crippen LogP contribution is -2.42. The molecule has 3 unspecified atom stereocenters. The van der Waals surface area contributed by atoms with Gasteiger partial charge in [-0.05, 0) is 32.9 Å². The van der Waals surface area contributed by atoms with Crippen LogP contribution in [0.25, 0.3) is 0 Å². The molecule has 0 aromatic carbocycles. The van der Waals surface area contributed by atoms with E-state index in [4.69, 9.17) is 14.6 Å². The van der Waals surface area contributed by atoms with Gasteiger partial charge in [-0.1, -0.05) is 79.1 Å². The third-order valence-corrected chi connectivity index (χ3v) is 4.99. The van der Waals surface area contributed by atoms with Crippen molar-refractivity contribution in [3.05, 3.63) is 0 Å². The van der Waals surface area contributed by atoms with Crippen molar-refractivity contribution in [2.75, 3.05) is 28.3 Å². The van der Waals surface area contributed by atoms with Gasteiger partial charge in [-0.2, -0.15) is 0 Å². The highest BCUT2D eigenvalue weighted by Crippen LogP contribution is 2.15. The van der Waals surface area contributed by atoms with Gasteiger partial charge in [0.1, 0.15) is 6.23 Å². The van der Waals surface area contributed by atoms with Crippen molar-refractivity contribution in [3.63, 3.8) is 0 Å². The zero-order valence-corrected chi connectivity index (χ0v) is 20.0. The molecule has 5 heteroatoms. The maximum atomic E-state index is 10.5. The molecule has 0 heterocycles. The number of ether oxygens (including phenoxy) is 2. The second-order valence-electron chi connectivity index (χ2n) is 8.50. The first kappa shape index (κ1) is 29.6. The fourth-order valence-corrected chi connectivity index (χ4v) is 3.20. The van der Waals surface area contributed by atoms with Crippen LogP contribution >= 0.6 is 0 Å². The largest absolute Gasteiger partial charge is 0.481 e. The Kier molecular flexibility index (Phi) is 20.7. The molecule has 0 amide bonds. The summed E-state index contributed by atoms with van der Waals surface area (Å²) in [5, 5.41) is 8.68. The third-order valence-electron chi connectivity index (χ3n) is 4.99. The number of methoxy groups -OCH3 is 2. The molecule has 0 saturated heterocycles. The van der Waals surface area contributed by atoms with E-state index in [1.54, 1.807) is 21.1 Å². The summed E-state index contributed by atoms with van der Waals surface area (Å²) in [7, 11) is 7.46. The Bertz CT molecular complexity index is 347. The fourth-order valence-electron chi connectivity index (χ4n) is 3.20. The topological polar surface area (TPSA) is 59.0 Å². The van der Waals surface area contributed by atoms with Crippen molar-refractivity contribution < 1.29 is 19.4 Å². The molecule has 0 fully saturated rings. The first-order valence-electron chi connectivity index (χ1n) is 11.2. The number of likely N-dealkylation sites (N-methyl/N-ethyl adjacent to an activating group) is 1. The van der Waals surface area contributed by atoms with Gasteiger partial charge in [0, 0.05) is 14.2 Å². The van der Waals surface area contributed by atoms with E-state index in [1.165, 1.54) is 44.9 Å². The van der Waals surface area contributed by atoms with Crippen LogP contribution in [0, 0.1) is 11.8 Å². The summed E-state index contributed by atoms with van der Waals surface area (Å²) in [5.41, 5.74) is 0. The van der Waals surface area contributed by atoms with Gasteiger partial charge in [0.2, 0.25) is 0 Å². The Labute approximate surface area is 175 Å². The second kappa shape index (κ2) is 19.7. The van der Waals surface area contributed by atoms with E-state index in [0.29, 0.717) is 5.92 Å². The van der Waals surface area contributed by atoms with Crippen LogP contribution in [0.4, 0.5) is 0 Å². The summed E-state index contributed by atoms with van der Waals surface area (Å²) in [6.07, 6.45) is 12.3. The molecule has 0 saturated carbocycles. The molecule has 0 radical (unpaired) electrons. The van der Waals surface area contributed by atoms with Gasteiger partial charge in [-0.25, -0.2) is 0 Å². The second-order valence-corrected chi connectivity index (χ2v) is 8.50. The van der Waals surface area contributed by atoms with Crippen molar-refractivity contribution in [1.29, 1.82) is 0 Å². The van der Waals surface area contributed by atoms with E-state index in [1.807, 2.05) is 19.0 Å². The van der Waals surface area contributed by atoms with Gasteiger partial charge in [0.25, 0.3) is 0 Å². The lowest BCUT2D eigenvalue weighted by atomic mass is 10.0. The molecule has 5 nitrogen and oxygen atoms in total. The smallest absolute Gasteiger partial charge is 0.306 e.